The Hall–Kier alpha value is -1.50. The van der Waals surface area contributed by atoms with Crippen LogP contribution in [-0.2, 0) is 0 Å². The van der Waals surface area contributed by atoms with E-state index in [0.717, 1.165) is 32.7 Å². The van der Waals surface area contributed by atoms with Gasteiger partial charge in [0.1, 0.15) is 0 Å². The van der Waals surface area contributed by atoms with Gasteiger partial charge in [-0.05, 0) is 18.6 Å². The number of phenols is 3. The van der Waals surface area contributed by atoms with E-state index in [4.69, 9.17) is 0 Å². The van der Waals surface area contributed by atoms with Crippen LogP contribution in [0.3, 0.4) is 0 Å². The summed E-state index contributed by atoms with van der Waals surface area (Å²) in [5.41, 5.74) is 0.241. The predicted octanol–water partition coefficient (Wildman–Crippen LogP) is 0.132. The van der Waals surface area contributed by atoms with Gasteiger partial charge in [0.05, 0.1) is 6.10 Å². The molecule has 1 unspecified atom stereocenters. The maximum Gasteiger partial charge on any atom is 0.200 e. The Kier molecular flexibility index (Phi) is 4.47. The molecule has 1 aliphatic rings. The monoisotopic (exact) mass is 268 g/mol. The minimum absolute atomic E-state index is 0.241. The van der Waals surface area contributed by atoms with E-state index >= 15 is 0 Å². The van der Waals surface area contributed by atoms with Gasteiger partial charge in [0.15, 0.2) is 11.5 Å². The van der Waals surface area contributed by atoms with E-state index in [2.05, 4.69) is 10.2 Å². The van der Waals surface area contributed by atoms with Crippen LogP contribution in [0.5, 0.6) is 17.2 Å². The van der Waals surface area contributed by atoms with Gasteiger partial charge >= 0.3 is 0 Å². The molecule has 19 heavy (non-hydrogen) atoms. The summed E-state index contributed by atoms with van der Waals surface area (Å²) in [6, 6.07) is 2.69. The lowest BCUT2D eigenvalue weighted by Crippen LogP contribution is -2.44. The van der Waals surface area contributed by atoms with Crippen molar-refractivity contribution in [2.75, 3.05) is 32.7 Å². The number of piperazine rings is 1. The van der Waals surface area contributed by atoms with Gasteiger partial charge in [-0.3, -0.25) is 0 Å². The number of rotatable bonds is 4. The molecule has 6 nitrogen and oxygen atoms in total. The first kappa shape index (κ1) is 13.9. The summed E-state index contributed by atoms with van der Waals surface area (Å²) < 4.78 is 0. The zero-order chi connectivity index (χ0) is 13.8. The van der Waals surface area contributed by atoms with E-state index in [9.17, 15) is 20.4 Å². The van der Waals surface area contributed by atoms with E-state index in [1.54, 1.807) is 0 Å². The molecule has 1 aliphatic heterocycles. The fourth-order valence-electron chi connectivity index (χ4n) is 2.25. The number of aliphatic hydroxyl groups is 1. The number of phenolic OH excluding ortho intramolecular Hbond substituents is 3. The van der Waals surface area contributed by atoms with Crippen molar-refractivity contribution in [1.82, 2.24) is 10.2 Å². The molecule has 1 fully saturated rings. The van der Waals surface area contributed by atoms with Gasteiger partial charge in [-0.1, -0.05) is 0 Å². The third-order valence-corrected chi connectivity index (χ3v) is 3.45. The summed E-state index contributed by atoms with van der Waals surface area (Å²) in [6.07, 6.45) is -0.390. The average Bonchev–Trinajstić information content (AvgIpc) is 2.43. The molecular weight excluding hydrogens is 248 g/mol. The summed E-state index contributed by atoms with van der Waals surface area (Å²) in [6.45, 7) is 4.51. The maximum atomic E-state index is 10.1. The second-order valence-corrected chi connectivity index (χ2v) is 4.77. The highest BCUT2D eigenvalue weighted by atomic mass is 16.3. The smallest absolute Gasteiger partial charge is 0.200 e. The first-order valence-corrected chi connectivity index (χ1v) is 6.44. The van der Waals surface area contributed by atoms with Gasteiger partial charge in [-0.25, -0.2) is 0 Å². The van der Waals surface area contributed by atoms with Crippen molar-refractivity contribution in [2.45, 2.75) is 12.5 Å². The van der Waals surface area contributed by atoms with Crippen molar-refractivity contribution < 1.29 is 20.4 Å². The van der Waals surface area contributed by atoms with E-state index in [-0.39, 0.29) is 5.56 Å². The highest BCUT2D eigenvalue weighted by molar-refractivity contribution is 5.53. The van der Waals surface area contributed by atoms with Crippen LogP contribution in [0, 0.1) is 0 Å². The van der Waals surface area contributed by atoms with Crippen molar-refractivity contribution in [1.29, 1.82) is 0 Å². The number of benzene rings is 1. The Labute approximate surface area is 111 Å². The van der Waals surface area contributed by atoms with Crippen molar-refractivity contribution in [2.24, 2.45) is 0 Å². The molecule has 1 aromatic rings. The predicted molar refractivity (Wildman–Crippen MR) is 70.3 cm³/mol. The lowest BCUT2D eigenvalue weighted by Gasteiger charge is -2.28. The van der Waals surface area contributed by atoms with Gasteiger partial charge in [-0.2, -0.15) is 0 Å². The molecule has 1 heterocycles. The Balaban J connectivity index is 1.95. The van der Waals surface area contributed by atoms with Gasteiger partial charge in [0, 0.05) is 38.3 Å². The minimum Gasteiger partial charge on any atom is -0.504 e. The van der Waals surface area contributed by atoms with Gasteiger partial charge in [0.25, 0.3) is 0 Å². The van der Waals surface area contributed by atoms with E-state index in [0.29, 0.717) is 6.42 Å². The van der Waals surface area contributed by atoms with Crippen molar-refractivity contribution in [3.8, 4) is 17.2 Å². The zero-order valence-corrected chi connectivity index (χ0v) is 10.7. The van der Waals surface area contributed by atoms with Crippen molar-refractivity contribution in [3.63, 3.8) is 0 Å². The quantitative estimate of drug-likeness (QED) is 0.498. The molecule has 0 aliphatic carbocycles. The summed E-state index contributed by atoms with van der Waals surface area (Å²) in [5, 5.41) is 41.7. The van der Waals surface area contributed by atoms with Gasteiger partial charge < -0.3 is 30.6 Å². The summed E-state index contributed by atoms with van der Waals surface area (Å²) >= 11 is 0. The topological polar surface area (TPSA) is 96.2 Å². The van der Waals surface area contributed by atoms with Crippen molar-refractivity contribution >= 4 is 0 Å². The van der Waals surface area contributed by atoms with Crippen LogP contribution in [0.2, 0.25) is 0 Å². The molecule has 6 heteroatoms. The Morgan fingerprint density at radius 1 is 1.11 bits per heavy atom. The fraction of sp³-hybridized carbons (Fsp3) is 0.538. The average molecular weight is 268 g/mol. The molecule has 1 atom stereocenters. The number of aromatic hydroxyl groups is 3. The second kappa shape index (κ2) is 6.10. The largest absolute Gasteiger partial charge is 0.504 e. The third-order valence-electron chi connectivity index (χ3n) is 3.45. The lowest BCUT2D eigenvalue weighted by atomic mass is 10.0. The SMILES string of the molecule is Oc1ccc(C(O)CCN2CCNCC2)c(O)c1O. The molecule has 0 bridgehead atoms. The molecule has 106 valence electrons. The number of aliphatic hydroxyl groups excluding tert-OH is 1. The Bertz CT molecular complexity index is 433. The minimum atomic E-state index is -0.860. The third kappa shape index (κ3) is 3.28. The van der Waals surface area contributed by atoms with Crippen LogP contribution < -0.4 is 5.32 Å². The molecule has 0 spiro atoms. The summed E-state index contributed by atoms with van der Waals surface area (Å²) in [4.78, 5) is 2.23. The summed E-state index contributed by atoms with van der Waals surface area (Å²) in [5.74, 6) is -1.43. The first-order chi connectivity index (χ1) is 9.09. The molecule has 5 N–H and O–H groups in total. The van der Waals surface area contributed by atoms with Crippen LogP contribution in [0.4, 0.5) is 0 Å². The number of nitrogens with zero attached hydrogens (tertiary/aromatic N) is 1. The highest BCUT2D eigenvalue weighted by Gasteiger charge is 2.19. The maximum absolute atomic E-state index is 10.1. The van der Waals surface area contributed by atoms with E-state index < -0.39 is 23.4 Å². The number of hydrogen-bond donors (Lipinski definition) is 5. The van der Waals surface area contributed by atoms with Crippen LogP contribution in [0.1, 0.15) is 18.1 Å². The molecule has 2 rings (SSSR count). The zero-order valence-electron chi connectivity index (χ0n) is 10.7. The van der Waals surface area contributed by atoms with Crippen LogP contribution in [0.15, 0.2) is 12.1 Å². The van der Waals surface area contributed by atoms with Crippen molar-refractivity contribution in [3.05, 3.63) is 17.7 Å². The summed E-state index contributed by atoms with van der Waals surface area (Å²) in [7, 11) is 0. The Morgan fingerprint density at radius 2 is 1.79 bits per heavy atom. The molecule has 0 aromatic heterocycles. The fourth-order valence-corrected chi connectivity index (χ4v) is 2.25. The number of nitrogens with one attached hydrogen (secondary N) is 1. The van der Waals surface area contributed by atoms with Gasteiger partial charge in [0.2, 0.25) is 5.75 Å². The normalized spacial score (nSPS) is 18.4. The standard InChI is InChI=1S/C13H20N2O4/c16-10(3-6-15-7-4-14-5-8-15)9-1-2-11(17)13(19)12(9)18/h1-2,10,14,16-19H,3-8H2. The van der Waals surface area contributed by atoms with Crippen LogP contribution in [0.25, 0.3) is 0 Å². The van der Waals surface area contributed by atoms with E-state index in [1.165, 1.54) is 12.1 Å². The molecule has 0 amide bonds. The molecule has 1 saturated heterocycles. The first-order valence-electron chi connectivity index (χ1n) is 6.44. The van der Waals surface area contributed by atoms with Crippen LogP contribution >= 0.6 is 0 Å². The lowest BCUT2D eigenvalue weighted by molar-refractivity contribution is 0.133. The molecule has 1 aromatic carbocycles. The Morgan fingerprint density at radius 3 is 2.47 bits per heavy atom. The molecule has 0 saturated carbocycles. The van der Waals surface area contributed by atoms with E-state index in [1.807, 2.05) is 0 Å². The molecular formula is C13H20N2O4. The highest BCUT2D eigenvalue weighted by Crippen LogP contribution is 2.40. The molecule has 0 radical (unpaired) electrons. The number of hydrogen-bond acceptors (Lipinski definition) is 6. The van der Waals surface area contributed by atoms with Crippen LogP contribution in [-0.4, -0.2) is 58.0 Å². The van der Waals surface area contributed by atoms with Gasteiger partial charge in [-0.15, -0.1) is 0 Å². The second-order valence-electron chi connectivity index (χ2n) is 4.77.